The van der Waals surface area contributed by atoms with Crippen LogP contribution in [-0.2, 0) is 19.4 Å². The first-order valence-electron chi connectivity index (χ1n) is 8.97. The molecule has 2 atom stereocenters. The number of hydrogen-bond acceptors (Lipinski definition) is 4. The Morgan fingerprint density at radius 3 is 3.00 bits per heavy atom. The smallest absolute Gasteiger partial charge is 0.315 e. The van der Waals surface area contributed by atoms with E-state index in [1.165, 1.54) is 0 Å². The molecule has 3 N–H and O–H groups in total. The van der Waals surface area contributed by atoms with Crippen LogP contribution in [0, 0.1) is 0 Å². The summed E-state index contributed by atoms with van der Waals surface area (Å²) in [6, 6.07) is 5.13. The molecule has 0 saturated heterocycles. The summed E-state index contributed by atoms with van der Waals surface area (Å²) in [6.07, 6.45) is 4.23. The number of nitrogens with one attached hydrogen (secondary N) is 2. The van der Waals surface area contributed by atoms with Crippen LogP contribution in [0.5, 0.6) is 5.75 Å². The minimum Gasteiger partial charge on any atom is -0.508 e. The molecule has 0 spiro atoms. The highest BCUT2D eigenvalue weighted by molar-refractivity contribution is 5.75. The lowest BCUT2D eigenvalue weighted by Gasteiger charge is -2.24. The third-order valence-corrected chi connectivity index (χ3v) is 5.09. The van der Waals surface area contributed by atoms with Crippen molar-refractivity contribution in [3.63, 3.8) is 0 Å². The number of aryl methyl sites for hydroxylation is 2. The van der Waals surface area contributed by atoms with Crippen molar-refractivity contribution in [2.75, 3.05) is 0 Å². The summed E-state index contributed by atoms with van der Waals surface area (Å²) >= 11 is 0. The highest BCUT2D eigenvalue weighted by atomic mass is 16.3. The molecule has 4 rings (SSSR count). The van der Waals surface area contributed by atoms with Gasteiger partial charge in [-0.25, -0.2) is 14.5 Å². The zero-order chi connectivity index (χ0) is 17.4. The quantitative estimate of drug-likeness (QED) is 0.799. The Balaban J connectivity index is 1.45. The second-order valence-electron chi connectivity index (χ2n) is 6.71. The number of aromatic hydroxyl groups is 1. The van der Waals surface area contributed by atoms with Crippen LogP contribution in [-0.4, -0.2) is 25.9 Å². The van der Waals surface area contributed by atoms with Crippen LogP contribution in [0.1, 0.15) is 61.0 Å². The predicted octanol–water partition coefficient (Wildman–Crippen LogP) is 2.37. The number of hydrogen-bond donors (Lipinski definition) is 3. The summed E-state index contributed by atoms with van der Waals surface area (Å²) in [6.45, 7) is 2.89. The summed E-state index contributed by atoms with van der Waals surface area (Å²) in [5.74, 6) is 1.99. The van der Waals surface area contributed by atoms with E-state index in [2.05, 4.69) is 20.7 Å². The minimum absolute atomic E-state index is 0.0604. The van der Waals surface area contributed by atoms with Crippen molar-refractivity contribution in [1.29, 1.82) is 0 Å². The molecule has 2 aromatic rings. The maximum atomic E-state index is 12.5. The lowest BCUT2D eigenvalue weighted by Crippen LogP contribution is -2.41. The molecule has 0 radical (unpaired) electrons. The van der Waals surface area contributed by atoms with E-state index >= 15 is 0 Å². The molecule has 7 heteroatoms. The third kappa shape index (κ3) is 2.94. The Morgan fingerprint density at radius 2 is 2.16 bits per heavy atom. The second kappa shape index (κ2) is 6.38. The molecular weight excluding hydrogens is 318 g/mol. The maximum Gasteiger partial charge on any atom is 0.315 e. The van der Waals surface area contributed by atoms with Crippen molar-refractivity contribution in [2.45, 2.75) is 57.7 Å². The Hall–Kier alpha value is -2.57. The van der Waals surface area contributed by atoms with Gasteiger partial charge in [0.25, 0.3) is 0 Å². The van der Waals surface area contributed by atoms with Crippen molar-refractivity contribution in [3.8, 4) is 5.75 Å². The Morgan fingerprint density at radius 1 is 1.32 bits per heavy atom. The molecule has 1 aliphatic heterocycles. The molecule has 2 heterocycles. The van der Waals surface area contributed by atoms with E-state index in [9.17, 15) is 9.90 Å². The van der Waals surface area contributed by atoms with Crippen molar-refractivity contribution in [3.05, 3.63) is 41.0 Å². The van der Waals surface area contributed by atoms with E-state index in [4.69, 9.17) is 0 Å². The summed E-state index contributed by atoms with van der Waals surface area (Å²) < 4.78 is 1.91. The standard InChI is InChI=1S/C18H23N5O2/c1-2-16-21-17-14(6-4-10-23(17)22-16)20-18(25)19-13-9-8-12-11(13)5-3-7-15(12)24/h3,5,7,13-14,24H,2,4,6,8-10H2,1H3,(H2,19,20,25). The first-order valence-corrected chi connectivity index (χ1v) is 8.97. The lowest BCUT2D eigenvalue weighted by atomic mass is 10.1. The fraction of sp³-hybridized carbons (Fsp3) is 0.500. The zero-order valence-corrected chi connectivity index (χ0v) is 14.3. The Labute approximate surface area is 146 Å². The molecule has 2 amide bonds. The number of carbonyl (C=O) groups excluding carboxylic acids is 1. The van der Waals surface area contributed by atoms with E-state index in [-0.39, 0.29) is 18.1 Å². The number of nitrogens with zero attached hydrogens (tertiary/aromatic N) is 3. The van der Waals surface area contributed by atoms with Crippen LogP contribution in [0.3, 0.4) is 0 Å². The van der Waals surface area contributed by atoms with Crippen molar-refractivity contribution in [2.24, 2.45) is 0 Å². The third-order valence-electron chi connectivity index (χ3n) is 5.09. The van der Waals surface area contributed by atoms with Gasteiger partial charge in [0.15, 0.2) is 5.82 Å². The van der Waals surface area contributed by atoms with Crippen molar-refractivity contribution >= 4 is 6.03 Å². The Kier molecular flexibility index (Phi) is 4.07. The van der Waals surface area contributed by atoms with Crippen LogP contribution < -0.4 is 10.6 Å². The molecule has 7 nitrogen and oxygen atoms in total. The van der Waals surface area contributed by atoms with Crippen molar-refractivity contribution < 1.29 is 9.90 Å². The van der Waals surface area contributed by atoms with E-state index in [1.54, 1.807) is 6.07 Å². The van der Waals surface area contributed by atoms with Crippen LogP contribution in [0.25, 0.3) is 0 Å². The SMILES string of the molecule is CCc1nc2n(n1)CCCC2NC(=O)NC1CCc2c(O)cccc21. The van der Waals surface area contributed by atoms with Crippen LogP contribution in [0.2, 0.25) is 0 Å². The largest absolute Gasteiger partial charge is 0.508 e. The molecule has 132 valence electrons. The van der Waals surface area contributed by atoms with Crippen LogP contribution in [0.15, 0.2) is 18.2 Å². The van der Waals surface area contributed by atoms with Gasteiger partial charge in [0.05, 0.1) is 12.1 Å². The Bertz CT molecular complexity index is 801. The van der Waals surface area contributed by atoms with Gasteiger partial charge >= 0.3 is 6.03 Å². The van der Waals surface area contributed by atoms with Gasteiger partial charge < -0.3 is 15.7 Å². The molecule has 1 aromatic heterocycles. The molecule has 0 bridgehead atoms. The number of benzene rings is 1. The second-order valence-corrected chi connectivity index (χ2v) is 6.71. The normalized spacial score (nSPS) is 21.5. The van der Waals surface area contributed by atoms with Crippen LogP contribution in [0.4, 0.5) is 4.79 Å². The number of phenols is 1. The van der Waals surface area contributed by atoms with Gasteiger partial charge in [-0.3, -0.25) is 0 Å². The van der Waals surface area contributed by atoms with Gasteiger partial charge in [-0.05, 0) is 42.9 Å². The van der Waals surface area contributed by atoms with Gasteiger partial charge in [0.1, 0.15) is 11.6 Å². The number of carbonyl (C=O) groups is 1. The van der Waals surface area contributed by atoms with Gasteiger partial charge in [0.2, 0.25) is 0 Å². The predicted molar refractivity (Wildman–Crippen MR) is 92.2 cm³/mol. The molecule has 2 unspecified atom stereocenters. The number of fused-ring (bicyclic) bond motifs is 2. The molecule has 0 fully saturated rings. The first-order chi connectivity index (χ1) is 12.2. The van der Waals surface area contributed by atoms with E-state index < -0.39 is 0 Å². The van der Waals surface area contributed by atoms with E-state index in [0.29, 0.717) is 5.75 Å². The molecule has 1 aromatic carbocycles. The fourth-order valence-electron chi connectivity index (χ4n) is 3.83. The number of aromatic nitrogens is 3. The fourth-order valence-corrected chi connectivity index (χ4v) is 3.83. The number of rotatable bonds is 3. The molecule has 2 aliphatic rings. The highest BCUT2D eigenvalue weighted by Gasteiger charge is 2.29. The molecule has 0 saturated carbocycles. The first kappa shape index (κ1) is 15.9. The zero-order valence-electron chi connectivity index (χ0n) is 14.3. The average molecular weight is 341 g/mol. The van der Waals surface area contributed by atoms with Gasteiger partial charge in [-0.15, -0.1) is 0 Å². The maximum absolute atomic E-state index is 12.5. The van der Waals surface area contributed by atoms with Crippen LogP contribution >= 0.6 is 0 Å². The molecular formula is C18H23N5O2. The van der Waals surface area contributed by atoms with Gasteiger partial charge in [-0.1, -0.05) is 19.1 Å². The summed E-state index contributed by atoms with van der Waals surface area (Å²) in [7, 11) is 0. The van der Waals surface area contributed by atoms with Gasteiger partial charge in [0, 0.05) is 13.0 Å². The van der Waals surface area contributed by atoms with E-state index in [1.807, 2.05) is 23.7 Å². The monoisotopic (exact) mass is 341 g/mol. The summed E-state index contributed by atoms with van der Waals surface area (Å²) in [5.41, 5.74) is 1.95. The topological polar surface area (TPSA) is 92.1 Å². The minimum atomic E-state index is -0.194. The average Bonchev–Trinajstić information content (AvgIpc) is 3.20. The number of urea groups is 1. The highest BCUT2D eigenvalue weighted by Crippen LogP contribution is 2.36. The van der Waals surface area contributed by atoms with E-state index in [0.717, 1.165) is 61.4 Å². The lowest BCUT2D eigenvalue weighted by molar-refractivity contribution is 0.229. The number of phenolic OH excluding ortho intramolecular Hbond substituents is 1. The number of amides is 2. The summed E-state index contributed by atoms with van der Waals surface area (Å²) in [4.78, 5) is 17.1. The van der Waals surface area contributed by atoms with Crippen molar-refractivity contribution in [1.82, 2.24) is 25.4 Å². The summed E-state index contributed by atoms with van der Waals surface area (Å²) in [5, 5.41) is 20.5. The molecule has 25 heavy (non-hydrogen) atoms. The molecule has 1 aliphatic carbocycles. The van der Waals surface area contributed by atoms with Gasteiger partial charge in [-0.2, -0.15) is 5.10 Å².